The zero-order valence-corrected chi connectivity index (χ0v) is 14.6. The highest BCUT2D eigenvalue weighted by Crippen LogP contribution is 2.30. The lowest BCUT2D eigenvalue weighted by molar-refractivity contribution is 0.301. The Bertz CT molecular complexity index is 629. The van der Waals surface area contributed by atoms with Crippen molar-refractivity contribution in [3.05, 3.63) is 61.5 Å². The number of aryl methyl sites for hydroxylation is 1. The summed E-state index contributed by atoms with van der Waals surface area (Å²) in [7, 11) is 0. The lowest BCUT2D eigenvalue weighted by Gasteiger charge is -2.14. The Labute approximate surface area is 141 Å². The Balaban J connectivity index is 2.20. The molecular weight excluding hydrogens is 382 g/mol. The summed E-state index contributed by atoms with van der Waals surface area (Å²) in [6.07, 6.45) is 0. The van der Waals surface area contributed by atoms with Crippen LogP contribution in [0.25, 0.3) is 0 Å². The molecule has 0 saturated heterocycles. The third kappa shape index (κ3) is 3.82. The van der Waals surface area contributed by atoms with E-state index >= 15 is 0 Å². The summed E-state index contributed by atoms with van der Waals surface area (Å²) >= 11 is 21.3. The fourth-order valence-electron chi connectivity index (χ4n) is 1.89. The third-order valence-corrected chi connectivity index (χ3v) is 4.31. The number of halogens is 4. The summed E-state index contributed by atoms with van der Waals surface area (Å²) < 4.78 is 6.88. The maximum Gasteiger partial charge on any atom is 0.127 e. The molecule has 0 saturated carbocycles. The van der Waals surface area contributed by atoms with Gasteiger partial charge in [0.2, 0.25) is 0 Å². The molecule has 0 amide bonds. The summed E-state index contributed by atoms with van der Waals surface area (Å²) in [5, 5.41) is 1.06. The normalized spacial score (nSPS) is 10.7. The molecule has 0 aromatic heterocycles. The Morgan fingerprint density at radius 3 is 2.50 bits per heavy atom. The van der Waals surface area contributed by atoms with Gasteiger partial charge in [0.1, 0.15) is 12.4 Å². The standard InChI is InChI=1S/C15H12BrCl3O/c1-9-4-12(16)6-11(7-17)15(9)20-8-10-2-3-13(18)14(19)5-10/h2-6H,7-8H2,1H3. The summed E-state index contributed by atoms with van der Waals surface area (Å²) in [5.74, 6) is 1.21. The summed E-state index contributed by atoms with van der Waals surface area (Å²) in [5.41, 5.74) is 2.95. The maximum atomic E-state index is 5.99. The first kappa shape index (κ1) is 16.0. The molecule has 0 unspecified atom stereocenters. The Morgan fingerprint density at radius 2 is 1.85 bits per heavy atom. The van der Waals surface area contributed by atoms with Crippen LogP contribution in [0.5, 0.6) is 5.75 Å². The molecule has 0 heterocycles. The van der Waals surface area contributed by atoms with Crippen molar-refractivity contribution in [1.29, 1.82) is 0 Å². The summed E-state index contributed by atoms with van der Waals surface area (Å²) in [6, 6.07) is 9.42. The molecule has 2 aromatic rings. The third-order valence-electron chi connectivity index (χ3n) is 2.83. The van der Waals surface area contributed by atoms with E-state index in [1.165, 1.54) is 0 Å². The van der Waals surface area contributed by atoms with Crippen molar-refractivity contribution in [2.75, 3.05) is 0 Å². The molecule has 0 bridgehead atoms. The lowest BCUT2D eigenvalue weighted by atomic mass is 10.1. The molecule has 0 N–H and O–H groups in total. The average Bonchev–Trinajstić information content (AvgIpc) is 2.40. The molecule has 0 aliphatic heterocycles. The van der Waals surface area contributed by atoms with Gasteiger partial charge in [-0.05, 0) is 42.3 Å². The van der Waals surface area contributed by atoms with Gasteiger partial charge in [-0.15, -0.1) is 11.6 Å². The summed E-state index contributed by atoms with van der Waals surface area (Å²) in [6.45, 7) is 2.41. The molecule has 0 aliphatic carbocycles. The van der Waals surface area contributed by atoms with Gasteiger partial charge in [0.05, 0.1) is 15.9 Å². The van der Waals surface area contributed by atoms with Crippen molar-refractivity contribution < 1.29 is 4.74 Å². The molecule has 106 valence electrons. The maximum absolute atomic E-state index is 5.99. The van der Waals surface area contributed by atoms with E-state index in [1.807, 2.05) is 25.1 Å². The van der Waals surface area contributed by atoms with Crippen LogP contribution >= 0.6 is 50.7 Å². The van der Waals surface area contributed by atoms with Crippen LogP contribution in [0.3, 0.4) is 0 Å². The molecule has 2 rings (SSSR count). The van der Waals surface area contributed by atoms with Gasteiger partial charge in [0.25, 0.3) is 0 Å². The highest BCUT2D eigenvalue weighted by Gasteiger charge is 2.09. The van der Waals surface area contributed by atoms with Crippen LogP contribution in [-0.4, -0.2) is 0 Å². The van der Waals surface area contributed by atoms with Crippen molar-refractivity contribution >= 4 is 50.7 Å². The van der Waals surface area contributed by atoms with Gasteiger partial charge in [-0.1, -0.05) is 45.2 Å². The van der Waals surface area contributed by atoms with E-state index in [4.69, 9.17) is 39.5 Å². The number of hydrogen-bond donors (Lipinski definition) is 0. The molecule has 0 aliphatic rings. The molecule has 2 aromatic carbocycles. The second kappa shape index (κ2) is 7.04. The van der Waals surface area contributed by atoms with Crippen molar-refractivity contribution in [2.45, 2.75) is 19.4 Å². The zero-order chi connectivity index (χ0) is 14.7. The first-order valence-electron chi connectivity index (χ1n) is 5.93. The van der Waals surface area contributed by atoms with Crippen molar-refractivity contribution in [3.8, 4) is 5.75 Å². The molecular formula is C15H12BrCl3O. The van der Waals surface area contributed by atoms with Crippen LogP contribution in [0.4, 0.5) is 0 Å². The van der Waals surface area contributed by atoms with Crippen molar-refractivity contribution in [1.82, 2.24) is 0 Å². The Morgan fingerprint density at radius 1 is 1.10 bits per heavy atom. The molecule has 0 atom stereocenters. The van der Waals surface area contributed by atoms with Gasteiger partial charge in [0.15, 0.2) is 0 Å². The second-order valence-corrected chi connectivity index (χ2v) is 6.38. The molecule has 0 fully saturated rings. The summed E-state index contributed by atoms with van der Waals surface area (Å²) in [4.78, 5) is 0. The predicted octanol–water partition coefficient (Wildman–Crippen LogP) is 6.38. The number of rotatable bonds is 4. The van der Waals surface area contributed by atoms with E-state index < -0.39 is 0 Å². The topological polar surface area (TPSA) is 9.23 Å². The van der Waals surface area contributed by atoms with Gasteiger partial charge in [-0.2, -0.15) is 0 Å². The monoisotopic (exact) mass is 392 g/mol. The number of hydrogen-bond acceptors (Lipinski definition) is 1. The number of ether oxygens (including phenoxy) is 1. The predicted molar refractivity (Wildman–Crippen MR) is 89.2 cm³/mol. The fraction of sp³-hybridized carbons (Fsp3) is 0.200. The lowest BCUT2D eigenvalue weighted by Crippen LogP contribution is -2.00. The van der Waals surface area contributed by atoms with Crippen LogP contribution in [-0.2, 0) is 12.5 Å². The quantitative estimate of drug-likeness (QED) is 0.547. The van der Waals surface area contributed by atoms with Gasteiger partial charge < -0.3 is 4.74 Å². The second-order valence-electron chi connectivity index (χ2n) is 4.38. The Kier molecular flexibility index (Phi) is 5.62. The van der Waals surface area contributed by atoms with Crippen molar-refractivity contribution in [2.24, 2.45) is 0 Å². The minimum Gasteiger partial charge on any atom is -0.488 e. The van der Waals surface area contributed by atoms with E-state index in [1.54, 1.807) is 12.1 Å². The van der Waals surface area contributed by atoms with Crippen LogP contribution in [0, 0.1) is 6.92 Å². The highest BCUT2D eigenvalue weighted by atomic mass is 79.9. The van der Waals surface area contributed by atoms with E-state index in [9.17, 15) is 0 Å². The number of alkyl halides is 1. The van der Waals surface area contributed by atoms with Gasteiger partial charge in [-0.3, -0.25) is 0 Å². The van der Waals surface area contributed by atoms with E-state index in [2.05, 4.69) is 15.9 Å². The first-order chi connectivity index (χ1) is 9.51. The van der Waals surface area contributed by atoms with Crippen LogP contribution in [0.2, 0.25) is 10.0 Å². The van der Waals surface area contributed by atoms with Gasteiger partial charge >= 0.3 is 0 Å². The molecule has 0 spiro atoms. The minimum atomic E-state index is 0.400. The minimum absolute atomic E-state index is 0.400. The highest BCUT2D eigenvalue weighted by molar-refractivity contribution is 9.10. The molecule has 20 heavy (non-hydrogen) atoms. The van der Waals surface area contributed by atoms with E-state index in [-0.39, 0.29) is 0 Å². The fourth-order valence-corrected chi connectivity index (χ4v) is 3.03. The van der Waals surface area contributed by atoms with E-state index in [0.717, 1.165) is 26.9 Å². The SMILES string of the molecule is Cc1cc(Br)cc(CCl)c1OCc1ccc(Cl)c(Cl)c1. The zero-order valence-electron chi connectivity index (χ0n) is 10.7. The van der Waals surface area contributed by atoms with Gasteiger partial charge in [-0.25, -0.2) is 0 Å². The molecule has 0 radical (unpaired) electrons. The van der Waals surface area contributed by atoms with Crippen molar-refractivity contribution in [3.63, 3.8) is 0 Å². The molecule has 5 heteroatoms. The smallest absolute Gasteiger partial charge is 0.127 e. The van der Waals surface area contributed by atoms with E-state index in [0.29, 0.717) is 22.5 Å². The Hall–Kier alpha value is -0.410. The van der Waals surface area contributed by atoms with Crippen LogP contribution in [0.15, 0.2) is 34.8 Å². The average molecular weight is 395 g/mol. The van der Waals surface area contributed by atoms with Gasteiger partial charge in [0, 0.05) is 10.0 Å². The first-order valence-corrected chi connectivity index (χ1v) is 8.01. The largest absolute Gasteiger partial charge is 0.488 e. The number of benzene rings is 2. The van der Waals surface area contributed by atoms with Crippen LogP contribution < -0.4 is 4.74 Å². The van der Waals surface area contributed by atoms with Crippen LogP contribution in [0.1, 0.15) is 16.7 Å². The molecule has 1 nitrogen and oxygen atoms in total.